The maximum Gasteiger partial charge on any atom is 0.0994 e. The highest BCUT2D eigenvalue weighted by molar-refractivity contribution is 5.52. The lowest BCUT2D eigenvalue weighted by atomic mass is 10.1. The molecule has 1 heterocycles. The molecule has 0 amide bonds. The van der Waals surface area contributed by atoms with Gasteiger partial charge in [0.2, 0.25) is 0 Å². The van der Waals surface area contributed by atoms with Crippen molar-refractivity contribution in [3.05, 3.63) is 41.0 Å². The Labute approximate surface area is 102 Å². The first-order chi connectivity index (χ1) is 8.29. The molecule has 3 heteroatoms. The van der Waals surface area contributed by atoms with Gasteiger partial charge in [-0.05, 0) is 43.7 Å². The molecule has 2 rings (SSSR count). The molecule has 0 atom stereocenters. The van der Waals surface area contributed by atoms with E-state index in [9.17, 15) is 0 Å². The van der Waals surface area contributed by atoms with E-state index in [1.54, 1.807) is 0 Å². The first-order valence-electron chi connectivity index (χ1n) is 5.93. The van der Waals surface area contributed by atoms with Gasteiger partial charge in [-0.1, -0.05) is 11.6 Å². The quantitative estimate of drug-likeness (QED) is 0.778. The van der Waals surface area contributed by atoms with Crippen LogP contribution < -0.4 is 10.6 Å². The maximum absolute atomic E-state index is 8.86. The summed E-state index contributed by atoms with van der Waals surface area (Å²) in [6, 6.07) is 8.04. The largest absolute Gasteiger partial charge is 0.381 e. The third-order valence-electron chi connectivity index (χ3n) is 3.02. The van der Waals surface area contributed by atoms with Crippen LogP contribution in [0.1, 0.15) is 17.5 Å². The molecule has 1 aromatic rings. The van der Waals surface area contributed by atoms with Crippen molar-refractivity contribution in [2.24, 2.45) is 0 Å². The van der Waals surface area contributed by atoms with Crippen LogP contribution in [0.5, 0.6) is 0 Å². The van der Waals surface area contributed by atoms with Crippen LogP contribution in [0.25, 0.3) is 0 Å². The second kappa shape index (κ2) is 5.51. The smallest absolute Gasteiger partial charge is 0.0994 e. The summed E-state index contributed by atoms with van der Waals surface area (Å²) in [5, 5.41) is 15.6. The molecule has 1 aromatic carbocycles. The average molecular weight is 227 g/mol. The maximum atomic E-state index is 8.86. The van der Waals surface area contributed by atoms with Crippen LogP contribution in [0.4, 0.5) is 5.69 Å². The van der Waals surface area contributed by atoms with Gasteiger partial charge in [-0.3, -0.25) is 0 Å². The molecule has 0 radical (unpaired) electrons. The summed E-state index contributed by atoms with van der Waals surface area (Å²) in [5.41, 5.74) is 4.31. The molecule has 88 valence electrons. The van der Waals surface area contributed by atoms with E-state index in [4.69, 9.17) is 5.26 Å². The van der Waals surface area contributed by atoms with Crippen LogP contribution >= 0.6 is 0 Å². The third kappa shape index (κ3) is 3.08. The molecule has 0 bridgehead atoms. The van der Waals surface area contributed by atoms with Gasteiger partial charge in [-0.25, -0.2) is 0 Å². The number of benzene rings is 1. The van der Waals surface area contributed by atoms with Crippen LogP contribution in [0.15, 0.2) is 29.8 Å². The summed E-state index contributed by atoms with van der Waals surface area (Å²) in [7, 11) is 0. The summed E-state index contributed by atoms with van der Waals surface area (Å²) in [6.07, 6.45) is 3.36. The Morgan fingerprint density at radius 1 is 1.47 bits per heavy atom. The van der Waals surface area contributed by atoms with E-state index in [2.05, 4.69) is 22.8 Å². The molecule has 1 aliphatic rings. The molecule has 0 aliphatic carbocycles. The molecule has 1 aliphatic heterocycles. The van der Waals surface area contributed by atoms with Crippen molar-refractivity contribution in [1.29, 1.82) is 5.26 Å². The van der Waals surface area contributed by atoms with Crippen molar-refractivity contribution in [2.75, 3.05) is 25.0 Å². The lowest BCUT2D eigenvalue weighted by Gasteiger charge is -2.15. The molecule has 0 saturated carbocycles. The van der Waals surface area contributed by atoms with Crippen molar-refractivity contribution in [2.45, 2.75) is 13.3 Å². The van der Waals surface area contributed by atoms with Gasteiger partial charge < -0.3 is 10.6 Å². The van der Waals surface area contributed by atoms with Crippen molar-refractivity contribution >= 4 is 5.69 Å². The van der Waals surface area contributed by atoms with Gasteiger partial charge in [0, 0.05) is 18.8 Å². The van der Waals surface area contributed by atoms with Gasteiger partial charge in [-0.15, -0.1) is 0 Å². The van der Waals surface area contributed by atoms with Crippen molar-refractivity contribution in [3.63, 3.8) is 0 Å². The number of rotatable bonds is 3. The van der Waals surface area contributed by atoms with Crippen LogP contribution in [0.3, 0.4) is 0 Å². The van der Waals surface area contributed by atoms with Gasteiger partial charge >= 0.3 is 0 Å². The summed E-state index contributed by atoms with van der Waals surface area (Å²) in [5.74, 6) is 0. The molecule has 0 aromatic heterocycles. The van der Waals surface area contributed by atoms with Gasteiger partial charge in [-0.2, -0.15) is 5.26 Å². The fourth-order valence-electron chi connectivity index (χ4n) is 1.94. The highest BCUT2D eigenvalue weighted by Gasteiger charge is 2.03. The summed E-state index contributed by atoms with van der Waals surface area (Å²) in [4.78, 5) is 0. The fraction of sp³-hybridized carbons (Fsp3) is 0.357. The molecular weight excluding hydrogens is 210 g/mol. The van der Waals surface area contributed by atoms with E-state index in [0.717, 1.165) is 42.9 Å². The first-order valence-corrected chi connectivity index (χ1v) is 5.93. The van der Waals surface area contributed by atoms with E-state index in [0.29, 0.717) is 0 Å². The second-order valence-corrected chi connectivity index (χ2v) is 4.31. The van der Waals surface area contributed by atoms with Gasteiger partial charge in [0.05, 0.1) is 11.6 Å². The van der Waals surface area contributed by atoms with Crippen molar-refractivity contribution < 1.29 is 0 Å². The highest BCUT2D eigenvalue weighted by Crippen LogP contribution is 2.15. The molecule has 0 spiro atoms. The van der Waals surface area contributed by atoms with Crippen molar-refractivity contribution in [1.82, 2.24) is 5.32 Å². The minimum Gasteiger partial charge on any atom is -0.381 e. The standard InChI is InChI=1S/C14H17N3/c1-11-8-14(3-2-13(11)9-15)17-10-12-4-6-16-7-5-12/h2-4,8,16-17H,5-7,10H2,1H3. The number of anilines is 1. The van der Waals surface area contributed by atoms with Crippen LogP contribution in [0, 0.1) is 18.3 Å². The highest BCUT2D eigenvalue weighted by atomic mass is 14.9. The molecule has 17 heavy (non-hydrogen) atoms. The van der Waals surface area contributed by atoms with Crippen molar-refractivity contribution in [3.8, 4) is 6.07 Å². The number of hydrogen-bond acceptors (Lipinski definition) is 3. The monoisotopic (exact) mass is 227 g/mol. The van der Waals surface area contributed by atoms with Gasteiger partial charge in [0.25, 0.3) is 0 Å². The van der Waals surface area contributed by atoms with E-state index in [-0.39, 0.29) is 0 Å². The zero-order valence-electron chi connectivity index (χ0n) is 10.1. The Morgan fingerprint density at radius 2 is 2.35 bits per heavy atom. The van der Waals surface area contributed by atoms with Gasteiger partial charge in [0.1, 0.15) is 0 Å². The first kappa shape index (κ1) is 11.7. The molecular formula is C14H17N3. The SMILES string of the molecule is Cc1cc(NCC2=CCNCC2)ccc1C#N. The van der Waals surface area contributed by atoms with Crippen LogP contribution in [0.2, 0.25) is 0 Å². The molecule has 2 N–H and O–H groups in total. The Morgan fingerprint density at radius 3 is 3.00 bits per heavy atom. The minimum absolute atomic E-state index is 0.747. The molecule has 0 saturated heterocycles. The predicted octanol–water partition coefficient (Wildman–Crippen LogP) is 2.20. The topological polar surface area (TPSA) is 47.8 Å². The normalized spacial score (nSPS) is 14.9. The molecule has 0 fully saturated rings. The number of aryl methyl sites for hydroxylation is 1. The van der Waals surface area contributed by atoms with E-state index < -0.39 is 0 Å². The minimum atomic E-state index is 0.747. The van der Waals surface area contributed by atoms with E-state index in [1.807, 2.05) is 25.1 Å². The molecule has 0 unspecified atom stereocenters. The molecule has 3 nitrogen and oxygen atoms in total. The predicted molar refractivity (Wildman–Crippen MR) is 70.0 cm³/mol. The Hall–Kier alpha value is -1.79. The Bertz CT molecular complexity index is 469. The van der Waals surface area contributed by atoms with E-state index >= 15 is 0 Å². The Balaban J connectivity index is 1.97. The second-order valence-electron chi connectivity index (χ2n) is 4.31. The Kier molecular flexibility index (Phi) is 3.79. The third-order valence-corrected chi connectivity index (χ3v) is 3.02. The lowest BCUT2D eigenvalue weighted by molar-refractivity contribution is 0.698. The number of nitrogens with zero attached hydrogens (tertiary/aromatic N) is 1. The van der Waals surface area contributed by atoms with Crippen LogP contribution in [-0.2, 0) is 0 Å². The van der Waals surface area contributed by atoms with Gasteiger partial charge in [0.15, 0.2) is 0 Å². The summed E-state index contributed by atoms with van der Waals surface area (Å²) in [6.45, 7) is 4.91. The van der Waals surface area contributed by atoms with Crippen LogP contribution in [-0.4, -0.2) is 19.6 Å². The lowest BCUT2D eigenvalue weighted by Crippen LogP contribution is -2.23. The average Bonchev–Trinajstić information content (AvgIpc) is 2.38. The number of nitriles is 1. The summed E-state index contributed by atoms with van der Waals surface area (Å²) >= 11 is 0. The zero-order valence-corrected chi connectivity index (χ0v) is 10.1. The zero-order chi connectivity index (χ0) is 12.1. The fourth-order valence-corrected chi connectivity index (χ4v) is 1.94. The summed E-state index contributed by atoms with van der Waals surface area (Å²) < 4.78 is 0. The van der Waals surface area contributed by atoms with E-state index in [1.165, 1.54) is 5.57 Å². The number of hydrogen-bond donors (Lipinski definition) is 2. The number of nitrogens with one attached hydrogen (secondary N) is 2.